The van der Waals surface area contributed by atoms with Gasteiger partial charge in [-0.25, -0.2) is 13.5 Å². The molecule has 0 saturated heterocycles. The van der Waals surface area contributed by atoms with Gasteiger partial charge in [0, 0.05) is 23.4 Å². The quantitative estimate of drug-likeness (QED) is 0.603. The highest BCUT2D eigenvalue weighted by Gasteiger charge is 2.27. The van der Waals surface area contributed by atoms with Gasteiger partial charge in [-0.15, -0.1) is 0 Å². The van der Waals surface area contributed by atoms with Crippen molar-refractivity contribution in [1.82, 2.24) is 15.1 Å². The summed E-state index contributed by atoms with van der Waals surface area (Å²) in [5.74, 6) is -0.849. The fraction of sp³-hybridized carbons (Fsp3) is 0.273. The minimum atomic E-state index is -0.949. The molecule has 3 aromatic rings. The van der Waals surface area contributed by atoms with E-state index in [9.17, 15) is 13.6 Å². The molecular formula is C22H21F2N3O3. The highest BCUT2D eigenvalue weighted by molar-refractivity contribution is 5.94. The first kappa shape index (κ1) is 19.9. The van der Waals surface area contributed by atoms with Crippen molar-refractivity contribution < 1.29 is 23.0 Å². The van der Waals surface area contributed by atoms with Crippen molar-refractivity contribution in [3.63, 3.8) is 0 Å². The van der Waals surface area contributed by atoms with Crippen molar-refractivity contribution in [3.8, 4) is 17.2 Å². The summed E-state index contributed by atoms with van der Waals surface area (Å²) >= 11 is 0. The lowest BCUT2D eigenvalue weighted by Gasteiger charge is -2.08. The van der Waals surface area contributed by atoms with Gasteiger partial charge in [0.2, 0.25) is 0 Å². The van der Waals surface area contributed by atoms with E-state index in [1.807, 2.05) is 12.1 Å². The first-order chi connectivity index (χ1) is 14.6. The predicted octanol–water partition coefficient (Wildman–Crippen LogP) is 3.46. The Morgan fingerprint density at radius 1 is 1.13 bits per heavy atom. The number of nitrogens with zero attached hydrogens (tertiary/aromatic N) is 2. The van der Waals surface area contributed by atoms with Gasteiger partial charge in [-0.1, -0.05) is 6.07 Å². The zero-order valence-electron chi connectivity index (χ0n) is 16.5. The van der Waals surface area contributed by atoms with Gasteiger partial charge in [0.15, 0.2) is 17.3 Å². The topological polar surface area (TPSA) is 65.4 Å². The molecular weight excluding hydrogens is 392 g/mol. The van der Waals surface area contributed by atoms with Crippen molar-refractivity contribution in [2.24, 2.45) is 0 Å². The largest absolute Gasteiger partial charge is 0.497 e. The Kier molecular flexibility index (Phi) is 5.65. The van der Waals surface area contributed by atoms with Crippen LogP contribution < -0.4 is 14.8 Å². The molecule has 156 valence electrons. The summed E-state index contributed by atoms with van der Waals surface area (Å²) in [6.07, 6.45) is 2.34. The fourth-order valence-electron chi connectivity index (χ4n) is 3.56. The van der Waals surface area contributed by atoms with E-state index in [2.05, 4.69) is 10.4 Å². The molecule has 1 aliphatic carbocycles. The Hall–Kier alpha value is -3.42. The van der Waals surface area contributed by atoms with Gasteiger partial charge in [0.05, 0.1) is 19.3 Å². The SMILES string of the molecule is COc1cccc(OCCNC(=O)c2nn(-c3ccc(F)c(F)c3)c3c2CCC3)c1. The Balaban J connectivity index is 1.43. The smallest absolute Gasteiger partial charge is 0.272 e. The van der Waals surface area contributed by atoms with E-state index >= 15 is 0 Å². The molecule has 0 bridgehead atoms. The van der Waals surface area contributed by atoms with E-state index in [1.165, 1.54) is 10.7 Å². The van der Waals surface area contributed by atoms with Crippen LogP contribution in [0.2, 0.25) is 0 Å². The van der Waals surface area contributed by atoms with E-state index in [1.54, 1.807) is 19.2 Å². The van der Waals surface area contributed by atoms with Crippen LogP contribution >= 0.6 is 0 Å². The number of carbonyl (C=O) groups is 1. The maximum absolute atomic E-state index is 13.7. The van der Waals surface area contributed by atoms with Gasteiger partial charge in [-0.2, -0.15) is 5.10 Å². The molecule has 0 saturated carbocycles. The number of benzene rings is 2. The molecule has 2 aromatic carbocycles. The molecule has 1 N–H and O–H groups in total. The van der Waals surface area contributed by atoms with Crippen molar-refractivity contribution >= 4 is 5.91 Å². The van der Waals surface area contributed by atoms with Crippen LogP contribution in [0.3, 0.4) is 0 Å². The average Bonchev–Trinajstić information content (AvgIpc) is 3.36. The highest BCUT2D eigenvalue weighted by atomic mass is 19.2. The molecule has 0 fully saturated rings. The van der Waals surface area contributed by atoms with Gasteiger partial charge in [0.25, 0.3) is 5.91 Å². The summed E-state index contributed by atoms with van der Waals surface area (Å²) in [5, 5.41) is 7.20. The maximum atomic E-state index is 13.7. The lowest BCUT2D eigenvalue weighted by Crippen LogP contribution is -2.29. The highest BCUT2D eigenvalue weighted by Crippen LogP contribution is 2.28. The third-order valence-electron chi connectivity index (χ3n) is 4.99. The second kappa shape index (κ2) is 8.52. The van der Waals surface area contributed by atoms with Crippen LogP contribution in [-0.2, 0) is 12.8 Å². The molecule has 1 aromatic heterocycles. The zero-order chi connectivity index (χ0) is 21.1. The molecule has 0 unspecified atom stereocenters. The number of hydrogen-bond donors (Lipinski definition) is 1. The van der Waals surface area contributed by atoms with Crippen molar-refractivity contribution in [1.29, 1.82) is 0 Å². The third kappa shape index (κ3) is 3.98. The Bertz CT molecular complexity index is 1080. The lowest BCUT2D eigenvalue weighted by atomic mass is 10.2. The third-order valence-corrected chi connectivity index (χ3v) is 4.99. The molecule has 1 amide bonds. The van der Waals surface area contributed by atoms with E-state index in [4.69, 9.17) is 9.47 Å². The molecule has 1 aliphatic rings. The van der Waals surface area contributed by atoms with Crippen LogP contribution in [0.5, 0.6) is 11.5 Å². The Morgan fingerprint density at radius 2 is 1.97 bits per heavy atom. The number of hydrogen-bond acceptors (Lipinski definition) is 4. The van der Waals surface area contributed by atoms with Gasteiger partial charge in [-0.3, -0.25) is 4.79 Å². The number of fused-ring (bicyclic) bond motifs is 1. The number of amides is 1. The number of methoxy groups -OCH3 is 1. The van der Waals surface area contributed by atoms with Crippen LogP contribution in [0.15, 0.2) is 42.5 Å². The summed E-state index contributed by atoms with van der Waals surface area (Å²) in [6, 6.07) is 10.8. The number of halogens is 2. The minimum Gasteiger partial charge on any atom is -0.497 e. The van der Waals surface area contributed by atoms with E-state index in [-0.39, 0.29) is 12.5 Å². The lowest BCUT2D eigenvalue weighted by molar-refractivity contribution is 0.0940. The number of ether oxygens (including phenoxy) is 2. The second-order valence-corrected chi connectivity index (χ2v) is 6.92. The fourth-order valence-corrected chi connectivity index (χ4v) is 3.56. The Labute approximate surface area is 172 Å². The summed E-state index contributed by atoms with van der Waals surface area (Å²) < 4.78 is 39.2. The van der Waals surface area contributed by atoms with Gasteiger partial charge >= 0.3 is 0 Å². The summed E-state index contributed by atoms with van der Waals surface area (Å²) in [5.41, 5.74) is 2.42. The predicted molar refractivity (Wildman–Crippen MR) is 106 cm³/mol. The van der Waals surface area contributed by atoms with Gasteiger partial charge < -0.3 is 14.8 Å². The van der Waals surface area contributed by atoms with Gasteiger partial charge in [-0.05, 0) is 43.5 Å². The molecule has 0 aliphatic heterocycles. The standard InChI is InChI=1S/C22H21F2N3O3/c1-29-15-4-2-5-16(13-15)30-11-10-25-22(28)21-17-6-3-7-20(17)27(26-21)14-8-9-18(23)19(24)12-14/h2,4-5,8-9,12-13H,3,6-7,10-11H2,1H3,(H,25,28). The minimum absolute atomic E-state index is 0.283. The Morgan fingerprint density at radius 3 is 2.77 bits per heavy atom. The second-order valence-electron chi connectivity index (χ2n) is 6.92. The van der Waals surface area contributed by atoms with E-state index in [0.717, 1.165) is 42.7 Å². The number of rotatable bonds is 7. The van der Waals surface area contributed by atoms with Gasteiger partial charge in [0.1, 0.15) is 18.1 Å². The average molecular weight is 413 g/mol. The summed E-state index contributed by atoms with van der Waals surface area (Å²) in [7, 11) is 1.58. The van der Waals surface area contributed by atoms with Crippen LogP contribution in [0, 0.1) is 11.6 Å². The molecule has 0 radical (unpaired) electrons. The van der Waals surface area contributed by atoms with Crippen LogP contribution in [0.25, 0.3) is 5.69 Å². The monoisotopic (exact) mass is 413 g/mol. The maximum Gasteiger partial charge on any atom is 0.272 e. The summed E-state index contributed by atoms with van der Waals surface area (Å²) in [4.78, 5) is 12.7. The zero-order valence-corrected chi connectivity index (χ0v) is 16.5. The molecule has 30 heavy (non-hydrogen) atoms. The molecule has 1 heterocycles. The van der Waals surface area contributed by atoms with Crippen LogP contribution in [-0.4, -0.2) is 35.9 Å². The van der Waals surface area contributed by atoms with Crippen molar-refractivity contribution in [2.75, 3.05) is 20.3 Å². The van der Waals surface area contributed by atoms with Crippen LogP contribution in [0.4, 0.5) is 8.78 Å². The van der Waals surface area contributed by atoms with E-state index < -0.39 is 11.6 Å². The number of aromatic nitrogens is 2. The number of nitrogens with one attached hydrogen (secondary N) is 1. The van der Waals surface area contributed by atoms with Crippen molar-refractivity contribution in [2.45, 2.75) is 19.3 Å². The molecule has 0 spiro atoms. The van der Waals surface area contributed by atoms with Crippen molar-refractivity contribution in [3.05, 3.63) is 71.1 Å². The normalized spacial score (nSPS) is 12.5. The summed E-state index contributed by atoms with van der Waals surface area (Å²) in [6.45, 7) is 0.577. The first-order valence-corrected chi connectivity index (χ1v) is 9.68. The van der Waals surface area contributed by atoms with Crippen LogP contribution in [0.1, 0.15) is 28.2 Å². The molecule has 8 heteroatoms. The number of carbonyl (C=O) groups excluding carboxylic acids is 1. The molecule has 0 atom stereocenters. The first-order valence-electron chi connectivity index (χ1n) is 9.68. The van der Waals surface area contributed by atoms with E-state index in [0.29, 0.717) is 29.4 Å². The molecule has 4 rings (SSSR count). The molecule has 6 nitrogen and oxygen atoms in total.